The Morgan fingerprint density at radius 3 is 2.28 bits per heavy atom. The van der Waals surface area contributed by atoms with Crippen molar-refractivity contribution in [3.8, 4) is 0 Å². The lowest BCUT2D eigenvalue weighted by molar-refractivity contribution is -0.254. The summed E-state index contributed by atoms with van der Waals surface area (Å²) in [6.45, 7) is 21.6. The third-order valence-electron chi connectivity index (χ3n) is 16.8. The Balaban J connectivity index is 1.11. The Kier molecular flexibility index (Phi) is 8.59. The number of ether oxygens (including phenoxy) is 4. The summed E-state index contributed by atoms with van der Waals surface area (Å²) >= 11 is 0. The Morgan fingerprint density at radius 1 is 0.980 bits per heavy atom. The van der Waals surface area contributed by atoms with Gasteiger partial charge in [-0.1, -0.05) is 34.6 Å². The lowest BCUT2D eigenvalue weighted by Crippen LogP contribution is -2.61. The predicted octanol–water partition coefficient (Wildman–Crippen LogP) is 5.41. The van der Waals surface area contributed by atoms with Gasteiger partial charge in [-0.3, -0.25) is 14.5 Å². The maximum atomic E-state index is 12.6. The van der Waals surface area contributed by atoms with Gasteiger partial charge in [0, 0.05) is 18.9 Å². The van der Waals surface area contributed by atoms with Crippen LogP contribution in [0.15, 0.2) is 0 Å². The van der Waals surface area contributed by atoms with E-state index >= 15 is 0 Å². The monoisotopic (exact) mass is 703 g/mol. The number of hydrogen-bond donors (Lipinski definition) is 3. The number of aliphatic hydroxyl groups excluding tert-OH is 1. The number of morpholine rings is 1. The highest BCUT2D eigenvalue weighted by molar-refractivity contribution is 5.77. The van der Waals surface area contributed by atoms with Crippen LogP contribution in [0.3, 0.4) is 0 Å². The minimum atomic E-state index is -1.28. The van der Waals surface area contributed by atoms with E-state index in [1.165, 1.54) is 19.8 Å². The molecule has 284 valence electrons. The van der Waals surface area contributed by atoms with Gasteiger partial charge in [0.05, 0.1) is 43.2 Å². The van der Waals surface area contributed by atoms with Crippen LogP contribution in [0.4, 0.5) is 0 Å². The summed E-state index contributed by atoms with van der Waals surface area (Å²) < 4.78 is 25.4. The molecule has 0 aromatic rings. The molecule has 2 unspecified atom stereocenters. The molecule has 7 aliphatic rings. The second-order valence-electron chi connectivity index (χ2n) is 20.0. The number of fused-ring (bicyclic) bond motifs is 4. The summed E-state index contributed by atoms with van der Waals surface area (Å²) in [5.74, 6) is 0.0461. The van der Waals surface area contributed by atoms with E-state index in [1.807, 2.05) is 4.90 Å². The van der Waals surface area contributed by atoms with E-state index in [2.05, 4.69) is 34.6 Å². The van der Waals surface area contributed by atoms with Crippen molar-refractivity contribution in [2.24, 2.45) is 50.7 Å². The van der Waals surface area contributed by atoms with Crippen LogP contribution >= 0.6 is 0 Å². The van der Waals surface area contributed by atoms with Crippen molar-refractivity contribution in [1.29, 1.82) is 0 Å². The van der Waals surface area contributed by atoms with Gasteiger partial charge in [0.1, 0.15) is 5.54 Å². The van der Waals surface area contributed by atoms with Gasteiger partial charge >= 0.3 is 11.9 Å². The molecule has 2 saturated heterocycles. The average molecular weight is 704 g/mol. The van der Waals surface area contributed by atoms with Crippen molar-refractivity contribution in [2.75, 3.05) is 19.7 Å². The van der Waals surface area contributed by atoms with E-state index in [0.29, 0.717) is 38.0 Å². The van der Waals surface area contributed by atoms with Crippen LogP contribution in [0.25, 0.3) is 0 Å². The summed E-state index contributed by atoms with van der Waals surface area (Å²) in [7, 11) is 0. The normalized spacial score (nSPS) is 49.0. The Labute approximate surface area is 299 Å². The SMILES string of the molecule is CC(=O)O[C@@H]([C@H]1C[C@@H](C)[C@H]2[C@H](O1)[C@H](O)[C@@]1(C)[C@@H]3CC[C@H]4C(C)(C)C(O[C@H]5CN(C(C)(C)C(=O)O)CCO5)CCC45C[C@@]35CC[C@]21C)C(C)(C)O. The quantitative estimate of drug-likeness (QED) is 0.296. The van der Waals surface area contributed by atoms with Crippen LogP contribution in [0.1, 0.15) is 121 Å². The molecule has 0 amide bonds. The van der Waals surface area contributed by atoms with Crippen LogP contribution in [0.2, 0.25) is 0 Å². The molecule has 2 aliphatic heterocycles. The van der Waals surface area contributed by atoms with E-state index < -0.39 is 47.7 Å². The first kappa shape index (κ1) is 37.0. The number of aliphatic hydroxyl groups is 2. The first-order valence-electron chi connectivity index (χ1n) is 19.6. The van der Waals surface area contributed by atoms with Crippen LogP contribution in [0.5, 0.6) is 0 Å². The molecule has 0 aromatic heterocycles. The van der Waals surface area contributed by atoms with E-state index in [1.54, 1.807) is 27.7 Å². The fourth-order valence-corrected chi connectivity index (χ4v) is 14.1. The third-order valence-corrected chi connectivity index (χ3v) is 16.8. The zero-order chi connectivity index (χ0) is 36.6. The van der Waals surface area contributed by atoms with Crippen molar-refractivity contribution in [1.82, 2.24) is 4.90 Å². The molecule has 2 heterocycles. The smallest absolute Gasteiger partial charge is 0.323 e. The van der Waals surface area contributed by atoms with Crippen LogP contribution in [0, 0.1) is 50.7 Å². The lowest BCUT2D eigenvalue weighted by Gasteiger charge is -2.64. The zero-order valence-corrected chi connectivity index (χ0v) is 32.3. The van der Waals surface area contributed by atoms with Crippen molar-refractivity contribution in [3.63, 3.8) is 0 Å². The van der Waals surface area contributed by atoms with Gasteiger partial charge in [-0.05, 0) is 124 Å². The van der Waals surface area contributed by atoms with Crippen molar-refractivity contribution in [2.45, 2.75) is 169 Å². The summed E-state index contributed by atoms with van der Waals surface area (Å²) in [5.41, 5.74) is -2.31. The van der Waals surface area contributed by atoms with Gasteiger partial charge < -0.3 is 34.3 Å². The highest BCUT2D eigenvalue weighted by Gasteiger charge is 2.84. The minimum absolute atomic E-state index is 0.0294. The summed E-state index contributed by atoms with van der Waals surface area (Å²) in [4.78, 5) is 26.1. The molecular formula is C40H65NO9. The van der Waals surface area contributed by atoms with Gasteiger partial charge in [-0.15, -0.1) is 0 Å². The fourth-order valence-electron chi connectivity index (χ4n) is 14.1. The van der Waals surface area contributed by atoms with Gasteiger partial charge in [0.15, 0.2) is 12.4 Å². The lowest BCUT2D eigenvalue weighted by atomic mass is 9.41. The molecule has 7 fully saturated rings. The second kappa shape index (κ2) is 11.6. The minimum Gasteiger partial charge on any atom is -0.480 e. The molecule has 0 bridgehead atoms. The number of nitrogens with zero attached hydrogens (tertiary/aromatic N) is 1. The maximum absolute atomic E-state index is 12.6. The van der Waals surface area contributed by atoms with Gasteiger partial charge in [0.2, 0.25) is 0 Å². The van der Waals surface area contributed by atoms with E-state index in [9.17, 15) is 24.9 Å². The Hall–Kier alpha value is -1.30. The number of rotatable bonds is 7. The fraction of sp³-hybridized carbons (Fsp3) is 0.950. The molecule has 10 heteroatoms. The van der Waals surface area contributed by atoms with Crippen LogP contribution in [-0.2, 0) is 28.5 Å². The third kappa shape index (κ3) is 4.93. The molecule has 0 radical (unpaired) electrons. The molecule has 10 nitrogen and oxygen atoms in total. The summed E-state index contributed by atoms with van der Waals surface area (Å²) in [6.07, 6.45) is 5.65. The largest absolute Gasteiger partial charge is 0.480 e. The van der Waals surface area contributed by atoms with E-state index in [-0.39, 0.29) is 51.1 Å². The van der Waals surface area contributed by atoms with Crippen molar-refractivity contribution in [3.05, 3.63) is 0 Å². The number of carbonyl (C=O) groups excluding carboxylic acids is 1. The number of aliphatic carboxylic acids is 1. The second-order valence-corrected chi connectivity index (χ2v) is 20.0. The summed E-state index contributed by atoms with van der Waals surface area (Å²) in [5, 5.41) is 33.5. The number of carboxylic acid groups (broad SMARTS) is 1. The average Bonchev–Trinajstić information content (AvgIpc) is 3.65. The number of carbonyl (C=O) groups is 2. The first-order chi connectivity index (χ1) is 23.1. The topological polar surface area (TPSA) is 135 Å². The number of carboxylic acids is 1. The Morgan fingerprint density at radius 2 is 1.64 bits per heavy atom. The molecule has 2 spiro atoms. The molecule has 5 saturated carbocycles. The molecular weight excluding hydrogens is 638 g/mol. The van der Waals surface area contributed by atoms with Crippen LogP contribution < -0.4 is 0 Å². The molecule has 5 aliphatic carbocycles. The van der Waals surface area contributed by atoms with E-state index in [4.69, 9.17) is 18.9 Å². The van der Waals surface area contributed by atoms with Gasteiger partial charge in [-0.2, -0.15) is 0 Å². The molecule has 7 rings (SSSR count). The van der Waals surface area contributed by atoms with E-state index in [0.717, 1.165) is 32.1 Å². The molecule has 14 atom stereocenters. The van der Waals surface area contributed by atoms with Gasteiger partial charge in [0.25, 0.3) is 0 Å². The number of esters is 1. The van der Waals surface area contributed by atoms with Crippen molar-refractivity contribution >= 4 is 11.9 Å². The highest BCUT2D eigenvalue weighted by atomic mass is 16.7. The zero-order valence-electron chi connectivity index (χ0n) is 32.3. The molecule has 3 N–H and O–H groups in total. The molecule has 50 heavy (non-hydrogen) atoms. The van der Waals surface area contributed by atoms with Crippen LogP contribution in [-0.4, -0.2) is 99.8 Å². The van der Waals surface area contributed by atoms with Crippen molar-refractivity contribution < 1.29 is 43.9 Å². The van der Waals surface area contributed by atoms with Gasteiger partial charge in [-0.25, -0.2) is 0 Å². The number of hydrogen-bond acceptors (Lipinski definition) is 9. The predicted molar refractivity (Wildman–Crippen MR) is 186 cm³/mol. The standard InChI is InChI=1S/C40H65NO9/c1-22-19-24(32(36(7,8)46)48-23(2)42)49-30-29(22)37(9)15-16-40-21-39(40)14-13-27(50-28-20-41(17-18-47-28)35(5,6)33(44)45)34(3,4)25(39)11-12-26(40)38(37,10)31(30)43/h22,24-32,43,46H,11-21H2,1-10H3,(H,44,45)/t22-,24-,25+,26+,27?,28+,29+,30+,31+,32+,37-,38-,39?,40+/m1/s1. The maximum Gasteiger partial charge on any atom is 0.323 e. The highest BCUT2D eigenvalue weighted by Crippen LogP contribution is 2.89. The first-order valence-corrected chi connectivity index (χ1v) is 19.6. The Bertz CT molecular complexity index is 1380. The molecule has 0 aromatic carbocycles. The summed E-state index contributed by atoms with van der Waals surface area (Å²) in [6, 6.07) is 0.